The molecule has 98 valence electrons. The van der Waals surface area contributed by atoms with E-state index in [1.807, 2.05) is 6.07 Å². The van der Waals surface area contributed by atoms with Crippen LogP contribution in [0.1, 0.15) is 37.8 Å². The van der Waals surface area contributed by atoms with Gasteiger partial charge < -0.3 is 4.74 Å². The van der Waals surface area contributed by atoms with E-state index in [1.54, 1.807) is 0 Å². The van der Waals surface area contributed by atoms with E-state index >= 15 is 0 Å². The molecule has 0 N–H and O–H groups in total. The normalized spacial score (nSPS) is 15.1. The monoisotopic (exact) mass is 310 g/mol. The molecule has 1 aromatic carbocycles. The highest BCUT2D eigenvalue weighted by Crippen LogP contribution is 2.33. The topological polar surface area (TPSA) is 26.3 Å². The maximum atomic E-state index is 12.0. The van der Waals surface area contributed by atoms with Gasteiger partial charge in [-0.25, -0.2) is 0 Å². The molecule has 18 heavy (non-hydrogen) atoms. The molecule has 1 aliphatic heterocycles. The second kappa shape index (κ2) is 5.87. The lowest BCUT2D eigenvalue weighted by molar-refractivity contribution is -0.119. The van der Waals surface area contributed by atoms with Gasteiger partial charge in [-0.15, -0.1) is 0 Å². The first-order valence-corrected chi connectivity index (χ1v) is 7.35. The van der Waals surface area contributed by atoms with E-state index in [0.717, 1.165) is 35.2 Å². The van der Waals surface area contributed by atoms with Gasteiger partial charge in [-0.1, -0.05) is 36.2 Å². The van der Waals surface area contributed by atoms with Gasteiger partial charge in [0.05, 0.1) is 6.61 Å². The molecule has 1 unspecified atom stereocenters. The highest BCUT2D eigenvalue weighted by atomic mass is 79.9. The van der Waals surface area contributed by atoms with Crippen LogP contribution >= 0.6 is 15.9 Å². The number of hydrogen-bond donors (Lipinski definition) is 0. The maximum Gasteiger partial charge on any atom is 0.137 e. The third-order valence-electron chi connectivity index (χ3n) is 3.49. The van der Waals surface area contributed by atoms with Crippen LogP contribution in [0, 0.1) is 5.92 Å². The number of halogens is 1. The summed E-state index contributed by atoms with van der Waals surface area (Å²) < 4.78 is 6.68. The fourth-order valence-corrected chi connectivity index (χ4v) is 2.85. The summed E-state index contributed by atoms with van der Waals surface area (Å²) in [5, 5.41) is 0. The predicted molar refractivity (Wildman–Crippen MR) is 76.1 cm³/mol. The molecule has 2 rings (SSSR count). The van der Waals surface area contributed by atoms with Crippen molar-refractivity contribution in [2.75, 3.05) is 6.61 Å². The molecule has 0 amide bonds. The van der Waals surface area contributed by atoms with Gasteiger partial charge in [0, 0.05) is 29.3 Å². The molecule has 1 heterocycles. The summed E-state index contributed by atoms with van der Waals surface area (Å²) in [6.45, 7) is 4.98. The van der Waals surface area contributed by atoms with E-state index in [9.17, 15) is 4.79 Å². The van der Waals surface area contributed by atoms with E-state index < -0.39 is 0 Å². The zero-order chi connectivity index (χ0) is 13.1. The Labute approximate surface area is 117 Å². The van der Waals surface area contributed by atoms with Crippen molar-refractivity contribution in [1.29, 1.82) is 0 Å². The van der Waals surface area contributed by atoms with E-state index in [-0.39, 0.29) is 0 Å². The van der Waals surface area contributed by atoms with Crippen molar-refractivity contribution in [3.05, 3.63) is 27.7 Å². The van der Waals surface area contributed by atoms with Crippen molar-refractivity contribution in [2.24, 2.45) is 5.92 Å². The number of Topliss-reactive ketones (excluding diaryl/α,β-unsaturated/α-hetero) is 1. The van der Waals surface area contributed by atoms with Crippen molar-refractivity contribution in [2.45, 2.75) is 39.5 Å². The summed E-state index contributed by atoms with van der Waals surface area (Å²) in [7, 11) is 0. The Hall–Kier alpha value is -0.830. The lowest BCUT2D eigenvalue weighted by Crippen LogP contribution is -2.08. The molecule has 0 radical (unpaired) electrons. The van der Waals surface area contributed by atoms with Gasteiger partial charge in [0.1, 0.15) is 11.5 Å². The third-order valence-corrected chi connectivity index (χ3v) is 3.94. The average Bonchev–Trinajstić information content (AvgIpc) is 2.76. The van der Waals surface area contributed by atoms with Crippen LogP contribution in [0.3, 0.4) is 0 Å². The second-order valence-corrected chi connectivity index (χ2v) is 6.00. The molecule has 3 heteroatoms. The quantitative estimate of drug-likeness (QED) is 0.823. The van der Waals surface area contributed by atoms with Crippen molar-refractivity contribution < 1.29 is 9.53 Å². The van der Waals surface area contributed by atoms with Gasteiger partial charge in [-0.05, 0) is 23.6 Å². The Balaban J connectivity index is 2.12. The van der Waals surface area contributed by atoms with E-state index in [4.69, 9.17) is 4.74 Å². The van der Waals surface area contributed by atoms with Crippen LogP contribution in [0.2, 0.25) is 0 Å². The summed E-state index contributed by atoms with van der Waals surface area (Å²) in [6, 6.07) is 4.10. The SMILES string of the molecule is CCC(C)CC(=O)Cc1cc(Br)cc2c1OCC2. The Kier molecular flexibility index (Phi) is 4.44. The van der Waals surface area contributed by atoms with E-state index in [2.05, 4.69) is 35.8 Å². The Bertz CT molecular complexity index is 454. The first kappa shape index (κ1) is 13.6. The molecule has 1 atom stereocenters. The number of ketones is 1. The summed E-state index contributed by atoms with van der Waals surface area (Å²) in [5.41, 5.74) is 2.25. The number of ether oxygens (including phenoxy) is 1. The van der Waals surface area contributed by atoms with Crippen LogP contribution < -0.4 is 4.74 Å². The fraction of sp³-hybridized carbons (Fsp3) is 0.533. The van der Waals surface area contributed by atoms with Gasteiger partial charge in [-0.3, -0.25) is 4.79 Å². The van der Waals surface area contributed by atoms with Crippen LogP contribution in [0.15, 0.2) is 16.6 Å². The van der Waals surface area contributed by atoms with Gasteiger partial charge in [0.15, 0.2) is 0 Å². The molecule has 0 bridgehead atoms. The highest BCUT2D eigenvalue weighted by molar-refractivity contribution is 9.10. The Morgan fingerprint density at radius 1 is 1.50 bits per heavy atom. The predicted octanol–water partition coefficient (Wildman–Crippen LogP) is 3.93. The summed E-state index contributed by atoms with van der Waals surface area (Å²) in [6.07, 6.45) is 3.16. The second-order valence-electron chi connectivity index (χ2n) is 5.08. The smallest absolute Gasteiger partial charge is 0.137 e. The lowest BCUT2D eigenvalue weighted by atomic mass is 9.96. The number of benzene rings is 1. The highest BCUT2D eigenvalue weighted by Gasteiger charge is 2.19. The number of carbonyl (C=O) groups excluding carboxylic acids is 1. The summed E-state index contributed by atoms with van der Waals surface area (Å²) >= 11 is 3.50. The zero-order valence-corrected chi connectivity index (χ0v) is 12.5. The molecule has 1 aromatic rings. The average molecular weight is 311 g/mol. The van der Waals surface area contributed by atoms with Gasteiger partial charge in [-0.2, -0.15) is 0 Å². The van der Waals surface area contributed by atoms with Crippen molar-refractivity contribution in [1.82, 2.24) is 0 Å². The molecule has 0 aliphatic carbocycles. The third kappa shape index (κ3) is 3.14. The number of rotatable bonds is 5. The number of fused-ring (bicyclic) bond motifs is 1. The number of hydrogen-bond acceptors (Lipinski definition) is 2. The van der Waals surface area contributed by atoms with Crippen LogP contribution in [0.5, 0.6) is 5.75 Å². The van der Waals surface area contributed by atoms with Crippen molar-refractivity contribution in [3.63, 3.8) is 0 Å². The zero-order valence-electron chi connectivity index (χ0n) is 11.0. The molecule has 0 saturated heterocycles. The molecule has 0 saturated carbocycles. The molecule has 0 spiro atoms. The number of carbonyl (C=O) groups is 1. The van der Waals surface area contributed by atoms with E-state index in [0.29, 0.717) is 24.5 Å². The fourth-order valence-electron chi connectivity index (χ4n) is 2.29. The van der Waals surface area contributed by atoms with E-state index in [1.165, 1.54) is 5.56 Å². The Morgan fingerprint density at radius 3 is 3.00 bits per heavy atom. The first-order chi connectivity index (χ1) is 8.60. The minimum Gasteiger partial charge on any atom is -0.493 e. The molecule has 0 fully saturated rings. The van der Waals surface area contributed by atoms with Crippen molar-refractivity contribution >= 4 is 21.7 Å². The summed E-state index contributed by atoms with van der Waals surface area (Å²) in [4.78, 5) is 12.0. The standard InChI is InChI=1S/C15H19BrO2/c1-3-10(2)6-14(17)9-12-8-13(16)7-11-4-5-18-15(11)12/h7-8,10H,3-6,9H2,1-2H3. The van der Waals surface area contributed by atoms with Gasteiger partial charge in [0.2, 0.25) is 0 Å². The van der Waals surface area contributed by atoms with Gasteiger partial charge >= 0.3 is 0 Å². The molecule has 1 aliphatic rings. The minimum atomic E-state index is 0.306. The molecular formula is C15H19BrO2. The van der Waals surface area contributed by atoms with Crippen molar-refractivity contribution in [3.8, 4) is 5.75 Å². The minimum absolute atomic E-state index is 0.306. The first-order valence-electron chi connectivity index (χ1n) is 6.56. The van der Waals surface area contributed by atoms with Crippen LogP contribution in [0.25, 0.3) is 0 Å². The largest absolute Gasteiger partial charge is 0.493 e. The maximum absolute atomic E-state index is 12.0. The summed E-state index contributed by atoms with van der Waals surface area (Å²) in [5.74, 6) is 1.72. The molecular weight excluding hydrogens is 292 g/mol. The van der Waals surface area contributed by atoms with Crippen LogP contribution in [-0.2, 0) is 17.6 Å². The van der Waals surface area contributed by atoms with Crippen LogP contribution in [0.4, 0.5) is 0 Å². The Morgan fingerprint density at radius 2 is 2.28 bits per heavy atom. The molecule has 0 aromatic heterocycles. The molecule has 2 nitrogen and oxygen atoms in total. The lowest BCUT2D eigenvalue weighted by Gasteiger charge is -2.10. The van der Waals surface area contributed by atoms with Gasteiger partial charge in [0.25, 0.3) is 0 Å². The van der Waals surface area contributed by atoms with Crippen LogP contribution in [-0.4, -0.2) is 12.4 Å².